The average Bonchev–Trinajstić information content (AvgIpc) is 3.94. The molecule has 0 aliphatic heterocycles. The molecule has 2 amide bonds. The van der Waals surface area contributed by atoms with Gasteiger partial charge in [-0.1, -0.05) is 86.3 Å². The number of benzene rings is 7. The molecule has 0 aliphatic carbocycles. The van der Waals surface area contributed by atoms with Gasteiger partial charge in [0.15, 0.2) is 11.6 Å². The van der Waals surface area contributed by atoms with Gasteiger partial charge in [0.05, 0.1) is 22.1 Å². The molecule has 9 rings (SSSR count). The van der Waals surface area contributed by atoms with E-state index < -0.39 is 0 Å². The lowest BCUT2D eigenvalue weighted by Gasteiger charge is -2.14. The Labute approximate surface area is 433 Å². The number of carbonyl (C=O) groups is 2. The van der Waals surface area contributed by atoms with E-state index in [1.165, 1.54) is 48.5 Å². The fraction of sp³-hybridized carbons (Fsp3) is 0.220. The number of halogens is 4. The van der Waals surface area contributed by atoms with E-state index in [9.17, 15) is 27.2 Å². The third kappa shape index (κ3) is 13.4. The second-order valence-electron chi connectivity index (χ2n) is 18.1. The summed E-state index contributed by atoms with van der Waals surface area (Å²) in [4.78, 5) is 35.6. The summed E-state index contributed by atoms with van der Waals surface area (Å²) in [5.41, 5.74) is 33.4. The van der Waals surface area contributed by atoms with Crippen molar-refractivity contribution in [3.63, 3.8) is 0 Å². The van der Waals surface area contributed by atoms with Crippen LogP contribution in [0.25, 0.3) is 66.6 Å². The summed E-state index contributed by atoms with van der Waals surface area (Å²) < 4.78 is 58.3. The third-order valence-corrected chi connectivity index (χ3v) is 12.7. The van der Waals surface area contributed by atoms with Gasteiger partial charge in [-0.15, -0.1) is 0 Å². The number of hydrogen-bond donors (Lipinski definition) is 6. The third-order valence-electron chi connectivity index (χ3n) is 12.7. The molecule has 2 atom stereocenters. The molecule has 2 heterocycles. The predicted octanol–water partition coefficient (Wildman–Crippen LogP) is 10.1. The van der Waals surface area contributed by atoms with Gasteiger partial charge in [0.1, 0.15) is 23.3 Å². The van der Waals surface area contributed by atoms with Crippen molar-refractivity contribution in [1.82, 2.24) is 29.7 Å². The normalized spacial score (nSPS) is 11.9. The SMILES string of the molecule is C.Cn1c(C(=O)NC[C@@H](N)CCCN)nc2cc(-c3ccc(F)cc3)c(-c3ccc(F)cc3)cc21.NCCC[C@H](N)CNC(=O)c1nc2cc(-c3ccc(F)cc3)c(-c3ccc(F)cc3)cc2n1Cc1ccccc1. The summed E-state index contributed by atoms with van der Waals surface area (Å²) in [6, 6.07) is 41.8. The van der Waals surface area contributed by atoms with Gasteiger partial charge in [0, 0.05) is 38.8 Å². The lowest BCUT2D eigenvalue weighted by Crippen LogP contribution is -2.38. The van der Waals surface area contributed by atoms with Gasteiger partial charge in [0.2, 0.25) is 0 Å². The molecular weight excluding hydrogens is 957 g/mol. The lowest BCUT2D eigenvalue weighted by atomic mass is 9.94. The van der Waals surface area contributed by atoms with Crippen LogP contribution in [-0.4, -0.2) is 69.2 Å². The van der Waals surface area contributed by atoms with Crippen molar-refractivity contribution in [2.75, 3.05) is 26.2 Å². The fourth-order valence-corrected chi connectivity index (χ4v) is 8.75. The molecule has 0 fully saturated rings. The first-order chi connectivity index (χ1) is 35.8. The highest BCUT2D eigenvalue weighted by Gasteiger charge is 2.23. The van der Waals surface area contributed by atoms with Crippen LogP contribution < -0.4 is 33.6 Å². The minimum atomic E-state index is -0.344. The van der Waals surface area contributed by atoms with Crippen LogP contribution in [0.1, 0.15) is 59.9 Å². The Balaban J connectivity index is 0.000000219. The molecule has 0 radical (unpaired) electrons. The second-order valence-corrected chi connectivity index (χ2v) is 18.1. The Hall–Kier alpha value is -8.02. The molecule has 0 aliphatic rings. The number of rotatable bonds is 18. The molecule has 10 N–H and O–H groups in total. The van der Waals surface area contributed by atoms with E-state index in [4.69, 9.17) is 27.9 Å². The summed E-state index contributed by atoms with van der Waals surface area (Å²) in [6.45, 7) is 2.14. The van der Waals surface area contributed by atoms with Crippen molar-refractivity contribution >= 4 is 33.9 Å². The molecule has 9 aromatic rings. The van der Waals surface area contributed by atoms with Crippen LogP contribution in [-0.2, 0) is 13.6 Å². The van der Waals surface area contributed by atoms with Crippen molar-refractivity contribution in [1.29, 1.82) is 0 Å². The number of amides is 2. The van der Waals surface area contributed by atoms with Crippen LogP contribution in [0.2, 0.25) is 0 Å². The molecular formula is C59H62F4N10O2. The Morgan fingerprint density at radius 3 is 1.29 bits per heavy atom. The van der Waals surface area contributed by atoms with E-state index in [0.717, 1.165) is 80.4 Å². The molecule has 0 spiro atoms. The molecule has 0 saturated carbocycles. The largest absolute Gasteiger partial charge is 0.348 e. The molecule has 388 valence electrons. The Morgan fingerprint density at radius 2 is 0.880 bits per heavy atom. The Morgan fingerprint density at radius 1 is 0.520 bits per heavy atom. The monoisotopic (exact) mass is 1020 g/mol. The van der Waals surface area contributed by atoms with Gasteiger partial charge in [-0.2, -0.15) is 0 Å². The molecule has 75 heavy (non-hydrogen) atoms. The number of nitrogens with one attached hydrogen (secondary N) is 2. The van der Waals surface area contributed by atoms with E-state index in [-0.39, 0.29) is 66.2 Å². The van der Waals surface area contributed by atoms with Crippen LogP contribution in [0, 0.1) is 23.3 Å². The Bertz CT molecular complexity index is 3350. The van der Waals surface area contributed by atoms with Crippen LogP contribution in [0.3, 0.4) is 0 Å². The first-order valence-corrected chi connectivity index (χ1v) is 24.4. The smallest absolute Gasteiger partial charge is 0.287 e. The van der Waals surface area contributed by atoms with Crippen molar-refractivity contribution in [3.05, 3.63) is 192 Å². The average molecular weight is 1020 g/mol. The minimum absolute atomic E-state index is 0. The minimum Gasteiger partial charge on any atom is -0.348 e. The number of nitrogens with zero attached hydrogens (tertiary/aromatic N) is 4. The quantitative estimate of drug-likeness (QED) is 0.0457. The number of imidazole rings is 2. The van der Waals surface area contributed by atoms with E-state index >= 15 is 0 Å². The van der Waals surface area contributed by atoms with Crippen molar-refractivity contribution < 1.29 is 27.2 Å². The molecule has 12 nitrogen and oxygen atoms in total. The molecule has 7 aromatic carbocycles. The molecule has 16 heteroatoms. The van der Waals surface area contributed by atoms with Gasteiger partial charge < -0.3 is 42.7 Å². The van der Waals surface area contributed by atoms with Gasteiger partial charge in [0.25, 0.3) is 11.8 Å². The van der Waals surface area contributed by atoms with Gasteiger partial charge >= 0.3 is 0 Å². The van der Waals surface area contributed by atoms with Gasteiger partial charge in [-0.25, -0.2) is 27.5 Å². The highest BCUT2D eigenvalue weighted by molar-refractivity contribution is 6.00. The highest BCUT2D eigenvalue weighted by atomic mass is 19.1. The van der Waals surface area contributed by atoms with Gasteiger partial charge in [-0.05, 0) is 162 Å². The summed E-state index contributed by atoms with van der Waals surface area (Å²) in [6.07, 6.45) is 3.00. The zero-order valence-electron chi connectivity index (χ0n) is 40.9. The van der Waals surface area contributed by atoms with Crippen LogP contribution in [0.5, 0.6) is 0 Å². The lowest BCUT2D eigenvalue weighted by molar-refractivity contribution is 0.0929. The summed E-state index contributed by atoms with van der Waals surface area (Å²) >= 11 is 0. The molecule has 0 unspecified atom stereocenters. The van der Waals surface area contributed by atoms with Gasteiger partial charge in [-0.3, -0.25) is 9.59 Å². The highest BCUT2D eigenvalue weighted by Crippen LogP contribution is 2.38. The first kappa shape index (κ1) is 54.7. The number of nitrogens with two attached hydrogens (primary N) is 4. The van der Waals surface area contributed by atoms with E-state index in [0.29, 0.717) is 50.2 Å². The summed E-state index contributed by atoms with van der Waals surface area (Å²) in [5, 5.41) is 5.77. The molecule has 2 aromatic heterocycles. The number of carbonyl (C=O) groups excluding carboxylic acids is 2. The topological polar surface area (TPSA) is 198 Å². The van der Waals surface area contributed by atoms with E-state index in [1.807, 2.05) is 59.2 Å². The molecule has 0 saturated heterocycles. The Kier molecular flexibility index (Phi) is 18.5. The summed E-state index contributed by atoms with van der Waals surface area (Å²) in [7, 11) is 1.77. The molecule has 0 bridgehead atoms. The van der Waals surface area contributed by atoms with Crippen molar-refractivity contribution in [3.8, 4) is 44.5 Å². The van der Waals surface area contributed by atoms with Crippen LogP contribution in [0.4, 0.5) is 17.6 Å². The number of fused-ring (bicyclic) bond motifs is 2. The standard InChI is InChI=1S/C32H31F2N5O.C26H27F2N5O.CH4/c33-24-12-8-22(9-13-24)27-17-29-30(18-28(27)23-10-14-25(34)15-11-23)39(20-21-5-2-1-3-6-21)31(38-29)32(40)37-19-26(36)7-4-16-35;1-33-24-14-22(17-6-10-19(28)11-7-17)21(16-4-8-18(27)9-5-16)13-23(24)32-25(33)26(34)31-15-20(30)3-2-12-29;/h1-3,5-6,8-15,17-18,26H,4,7,16,19-20,35-36H2,(H,37,40);4-11,13-14,20H,2-3,12,15,29-30H2,1H3,(H,31,34);1H4/t26-;20-;/m00./s1. The maximum atomic E-state index is 13.8. The van der Waals surface area contributed by atoms with E-state index in [2.05, 4.69) is 15.6 Å². The van der Waals surface area contributed by atoms with Crippen LogP contribution in [0.15, 0.2) is 152 Å². The maximum Gasteiger partial charge on any atom is 0.287 e. The second kappa shape index (κ2) is 25.3. The zero-order valence-corrected chi connectivity index (χ0v) is 40.9. The van der Waals surface area contributed by atoms with Crippen molar-refractivity contribution in [2.45, 2.75) is 51.7 Å². The first-order valence-electron chi connectivity index (χ1n) is 24.4. The number of hydrogen-bond acceptors (Lipinski definition) is 8. The maximum absolute atomic E-state index is 13.8. The number of aromatic nitrogens is 4. The zero-order chi connectivity index (χ0) is 52.3. The summed E-state index contributed by atoms with van der Waals surface area (Å²) in [5.74, 6) is -1.51. The van der Waals surface area contributed by atoms with Crippen molar-refractivity contribution in [2.24, 2.45) is 30.0 Å². The van der Waals surface area contributed by atoms with Crippen LogP contribution >= 0.6 is 0 Å². The fourth-order valence-electron chi connectivity index (χ4n) is 8.75. The predicted molar refractivity (Wildman–Crippen MR) is 291 cm³/mol. The number of aryl methyl sites for hydroxylation is 1. The van der Waals surface area contributed by atoms with E-state index in [1.54, 1.807) is 60.1 Å².